The van der Waals surface area contributed by atoms with Crippen molar-refractivity contribution in [3.05, 3.63) is 358 Å². The maximum Gasteiger partial charge on any atom is -0.00233 e. The Bertz CT molecular complexity index is 7220. The second-order valence-corrected chi connectivity index (χ2v) is 39.9. The van der Waals surface area contributed by atoms with Crippen LogP contribution in [-0.4, -0.2) is 0 Å². The number of unbranched alkanes of at least 4 members (excludes halogenated alkanes) is 14. The van der Waals surface area contributed by atoms with Crippen molar-refractivity contribution < 1.29 is 0 Å². The van der Waals surface area contributed by atoms with E-state index in [1.807, 2.05) is 0 Å². The fourth-order valence-electron chi connectivity index (χ4n) is 22.3. The molecule has 0 heteroatoms. The summed E-state index contributed by atoms with van der Waals surface area (Å²) in [7, 11) is 0. The Hall–Kier alpha value is -12.5. The molecule has 0 aromatic heterocycles. The van der Waals surface area contributed by atoms with Crippen molar-refractivity contribution in [3.63, 3.8) is 0 Å². The Morgan fingerprint density at radius 1 is 0.119 bits per heavy atom. The molecule has 672 valence electrons. The first kappa shape index (κ1) is 90.7. The highest BCUT2D eigenvalue weighted by molar-refractivity contribution is 6.38. The van der Waals surface area contributed by atoms with E-state index in [4.69, 9.17) is 0 Å². The van der Waals surface area contributed by atoms with Crippen LogP contribution in [-0.2, 0) is 38.5 Å². The van der Waals surface area contributed by atoms with Crippen molar-refractivity contribution in [3.8, 4) is 66.8 Å². The highest BCUT2D eigenvalue weighted by Crippen LogP contribution is 2.51. The fourth-order valence-corrected chi connectivity index (χ4v) is 22.3. The molecule has 21 aromatic rings. The number of hydrogen-bond acceptors (Lipinski definition) is 0. The van der Waals surface area contributed by atoms with Crippen LogP contribution in [0.4, 0.5) is 0 Å². The molecule has 0 aliphatic rings. The second kappa shape index (κ2) is 40.8. The van der Waals surface area contributed by atoms with Crippen LogP contribution in [0.25, 0.3) is 196 Å². The van der Waals surface area contributed by atoms with Gasteiger partial charge in [0, 0.05) is 0 Å². The van der Waals surface area contributed by atoms with E-state index in [1.54, 1.807) is 0 Å². The van der Waals surface area contributed by atoms with Gasteiger partial charge in [0.25, 0.3) is 0 Å². The summed E-state index contributed by atoms with van der Waals surface area (Å²) in [5.74, 6) is 0. The standard InChI is InChI=1S/2C46H48.C42H40/c1-5-7-9-11-13-33-17-21-35(22-18-33)37-27-41-31(3)15-26-40-44-30-38(36-23-19-34(20-24-36)14-12-10-8-6-2)28-42-32(4)16-25-39(46(42)44)43(29-37)45(40)41;1-5-7-9-11-13-33-17-21-35(22-18-33)37-27-41-31(3)15-25-39-40-26-16-32(4)42-28-38(30-44(46(40)42)43(29-37)45(39)41)36-23-19-34(20-24-36)14-12-10-8-6-2;1-5-7-9-29-13-17-31(18-14-29)33-23-37-27(3)11-21-35-36-22-12-28(4)38-24-34(26-40(42(36)38)39(25-33)41(35)37)32-19-15-30(16-20-32)10-8-6-2/h2*15-30H,5-14H2,1-4H3;11-26H,5-10H2,1-4H3. The number of hydrogen-bond donors (Lipinski definition) is 0. The Kier molecular flexibility index (Phi) is 27.6. The van der Waals surface area contributed by atoms with Crippen molar-refractivity contribution in [1.82, 2.24) is 0 Å². The van der Waals surface area contributed by atoms with Crippen molar-refractivity contribution in [2.24, 2.45) is 0 Å². The average Bonchev–Trinajstić information content (AvgIpc) is 0.716. The molecule has 0 saturated heterocycles. The zero-order valence-corrected chi connectivity index (χ0v) is 82.1. The van der Waals surface area contributed by atoms with Gasteiger partial charge in [-0.05, 0) is 454 Å². The van der Waals surface area contributed by atoms with Gasteiger partial charge < -0.3 is 0 Å². The Morgan fingerprint density at radius 2 is 0.261 bits per heavy atom. The van der Waals surface area contributed by atoms with Gasteiger partial charge in [0.2, 0.25) is 0 Å². The van der Waals surface area contributed by atoms with Gasteiger partial charge in [0.05, 0.1) is 0 Å². The van der Waals surface area contributed by atoms with E-state index < -0.39 is 0 Å². The molecule has 0 aliphatic carbocycles. The quantitative estimate of drug-likeness (QED) is 0.0224. The lowest BCUT2D eigenvalue weighted by Gasteiger charge is -2.19. The van der Waals surface area contributed by atoms with Gasteiger partial charge in [-0.2, -0.15) is 0 Å². The molecule has 0 aliphatic heterocycles. The lowest BCUT2D eigenvalue weighted by molar-refractivity contribution is 0.667. The monoisotopic (exact) mass is 1750 g/mol. The van der Waals surface area contributed by atoms with E-state index in [0.717, 1.165) is 12.8 Å². The van der Waals surface area contributed by atoms with Crippen LogP contribution in [0.1, 0.15) is 237 Å². The third-order valence-electron chi connectivity index (χ3n) is 30.4. The first-order chi connectivity index (χ1) is 65.7. The second-order valence-electron chi connectivity index (χ2n) is 39.9. The van der Waals surface area contributed by atoms with Crippen LogP contribution in [0.15, 0.2) is 291 Å². The summed E-state index contributed by atoms with van der Waals surface area (Å²) >= 11 is 0. The highest BCUT2D eigenvalue weighted by Gasteiger charge is 2.24. The largest absolute Gasteiger partial charge is 0.0654 e. The number of rotatable bonds is 32. The van der Waals surface area contributed by atoms with Crippen molar-refractivity contribution in [1.29, 1.82) is 0 Å². The van der Waals surface area contributed by atoms with Gasteiger partial charge >= 0.3 is 0 Å². The molecule has 0 unspecified atom stereocenters. The molecule has 0 N–H and O–H groups in total. The van der Waals surface area contributed by atoms with E-state index in [2.05, 4.69) is 374 Å². The van der Waals surface area contributed by atoms with Gasteiger partial charge in [-0.1, -0.05) is 350 Å². The van der Waals surface area contributed by atoms with Crippen LogP contribution < -0.4 is 0 Å². The number of fused-ring (bicyclic) bond motifs is 6. The number of benzene rings is 21. The molecule has 0 radical (unpaired) electrons. The van der Waals surface area contributed by atoms with E-state index in [-0.39, 0.29) is 0 Å². The van der Waals surface area contributed by atoms with Crippen molar-refractivity contribution in [2.75, 3.05) is 0 Å². The zero-order valence-electron chi connectivity index (χ0n) is 82.1. The predicted molar refractivity (Wildman–Crippen MR) is 593 cm³/mol. The average molecular weight is 1750 g/mol. The van der Waals surface area contributed by atoms with Crippen molar-refractivity contribution >= 4 is 129 Å². The minimum Gasteiger partial charge on any atom is -0.0654 e. The molecule has 0 fully saturated rings. The van der Waals surface area contributed by atoms with Crippen LogP contribution in [0.3, 0.4) is 0 Å². The summed E-state index contributed by atoms with van der Waals surface area (Å²) < 4.78 is 0. The maximum absolute atomic E-state index is 2.48. The molecule has 0 heterocycles. The summed E-state index contributed by atoms with van der Waals surface area (Å²) in [6, 6.07) is 114. The zero-order chi connectivity index (χ0) is 92.0. The molecular weight excluding hydrogens is 1610 g/mol. The minimum absolute atomic E-state index is 1.16. The summed E-state index contributed by atoms with van der Waals surface area (Å²) in [6.45, 7) is 27.3. The van der Waals surface area contributed by atoms with Gasteiger partial charge in [0.15, 0.2) is 0 Å². The molecule has 0 bridgehead atoms. The van der Waals surface area contributed by atoms with Crippen LogP contribution in [0, 0.1) is 41.5 Å². The minimum atomic E-state index is 1.16. The van der Waals surface area contributed by atoms with Crippen LogP contribution in [0.2, 0.25) is 0 Å². The molecule has 0 spiro atoms. The third-order valence-corrected chi connectivity index (χ3v) is 30.4. The molecule has 21 aromatic carbocycles. The Labute approximate surface area is 798 Å². The first-order valence-corrected chi connectivity index (χ1v) is 51.7. The smallest absolute Gasteiger partial charge is 0.00233 e. The Balaban J connectivity index is 0.000000129. The highest BCUT2D eigenvalue weighted by atomic mass is 14.3. The van der Waals surface area contributed by atoms with E-state index >= 15 is 0 Å². The molecule has 134 heavy (non-hydrogen) atoms. The van der Waals surface area contributed by atoms with Gasteiger partial charge in [-0.15, -0.1) is 0 Å². The van der Waals surface area contributed by atoms with E-state index in [9.17, 15) is 0 Å². The molecule has 21 rings (SSSR count). The summed E-state index contributed by atoms with van der Waals surface area (Å²) in [6.07, 6.45) is 32.9. The Morgan fingerprint density at radius 3 is 0.425 bits per heavy atom. The molecule has 0 amide bonds. The lowest BCUT2D eigenvalue weighted by Crippen LogP contribution is -1.93. The molecule has 0 atom stereocenters. The van der Waals surface area contributed by atoms with Gasteiger partial charge in [-0.3, -0.25) is 0 Å². The van der Waals surface area contributed by atoms with Crippen LogP contribution in [0.5, 0.6) is 0 Å². The topological polar surface area (TPSA) is 0 Å². The summed E-state index contributed by atoms with van der Waals surface area (Å²) in [5.41, 5.74) is 32.3. The molecular formula is C134H136. The fraction of sp³-hybridized carbons (Fsp3) is 0.284. The van der Waals surface area contributed by atoms with E-state index in [1.165, 1.54) is 417 Å². The van der Waals surface area contributed by atoms with E-state index in [0.29, 0.717) is 0 Å². The van der Waals surface area contributed by atoms with Gasteiger partial charge in [-0.25, -0.2) is 0 Å². The van der Waals surface area contributed by atoms with Crippen LogP contribution >= 0.6 is 0 Å². The summed E-state index contributed by atoms with van der Waals surface area (Å²) in [5, 5.41) is 32.9. The number of aryl methyl sites for hydroxylation is 12. The van der Waals surface area contributed by atoms with Gasteiger partial charge in [0.1, 0.15) is 0 Å². The first-order valence-electron chi connectivity index (χ1n) is 51.7. The SMILES string of the molecule is CCCCCCc1ccc(-c2cc3c(C)ccc4c5cc(-c6ccc(CCCCCC)cc6)cc6c(C)ccc(c(c2)c34)c65)cc1.CCCCCCc1ccc(-c2cc3c(C)ccc4c5ccc(C)c6cc(-c7ccc(CCCCCC)cc7)cc(c(c2)c34)c65)cc1.CCCCc1ccc(-c2cc3c(C)ccc4c5ccc(C)c6cc(-c7ccc(CCCC)cc7)cc(c(c2)c34)c65)cc1. The predicted octanol–water partition coefficient (Wildman–Crippen LogP) is 40.2. The van der Waals surface area contributed by atoms with Crippen molar-refractivity contribution in [2.45, 2.75) is 250 Å². The molecule has 0 nitrogen and oxygen atoms in total. The lowest BCUT2D eigenvalue weighted by atomic mass is 9.84. The maximum atomic E-state index is 2.48. The normalized spacial score (nSPS) is 11.9. The third kappa shape index (κ3) is 18.5. The summed E-state index contributed by atoms with van der Waals surface area (Å²) in [4.78, 5) is 0. The molecule has 0 saturated carbocycles.